The van der Waals surface area contributed by atoms with Crippen molar-refractivity contribution in [1.29, 1.82) is 0 Å². The molecule has 0 saturated carbocycles. The van der Waals surface area contributed by atoms with Crippen LogP contribution in [-0.4, -0.2) is 49.9 Å². The number of Topliss-reactive ketones (excluding diaryl/α,β-unsaturated/α-hetero) is 1. The topological polar surface area (TPSA) is 82.1 Å². The van der Waals surface area contributed by atoms with Crippen molar-refractivity contribution >= 4 is 17.7 Å². The summed E-state index contributed by atoms with van der Waals surface area (Å²) < 4.78 is 15.9. The van der Waals surface area contributed by atoms with Gasteiger partial charge in [-0.2, -0.15) is 0 Å². The highest BCUT2D eigenvalue weighted by molar-refractivity contribution is 6.03. The Labute approximate surface area is 187 Å². The van der Waals surface area contributed by atoms with Gasteiger partial charge in [-0.25, -0.2) is 0 Å². The standard InChI is InChI=1S/C25H27NO6/c1-30-20-9-8-17(21(12-20)31-2)13-26-14-18(11-22(26)27)24(28)23-19(15-32-25(23)29)10-16-6-4-3-5-7-16/h3-9,12,18-19,23H,10-11,13-15H2,1-2H3. The van der Waals surface area contributed by atoms with Gasteiger partial charge in [-0.3, -0.25) is 14.4 Å². The van der Waals surface area contributed by atoms with Crippen molar-refractivity contribution in [3.8, 4) is 11.5 Å². The van der Waals surface area contributed by atoms with Gasteiger partial charge < -0.3 is 19.1 Å². The molecule has 4 rings (SSSR count). The van der Waals surface area contributed by atoms with E-state index in [1.807, 2.05) is 42.5 Å². The van der Waals surface area contributed by atoms with Gasteiger partial charge in [-0.15, -0.1) is 0 Å². The number of rotatable bonds is 8. The second-order valence-electron chi connectivity index (χ2n) is 8.31. The average Bonchev–Trinajstić information content (AvgIpc) is 3.36. The third-order valence-electron chi connectivity index (χ3n) is 6.28. The molecule has 3 unspecified atom stereocenters. The fraction of sp³-hybridized carbons (Fsp3) is 0.400. The predicted octanol–water partition coefficient (Wildman–Crippen LogP) is 2.65. The molecule has 0 spiro atoms. The molecule has 0 bridgehead atoms. The maximum Gasteiger partial charge on any atom is 0.316 e. The van der Waals surface area contributed by atoms with Gasteiger partial charge in [0.15, 0.2) is 5.78 Å². The normalized spacial score (nSPS) is 22.7. The zero-order chi connectivity index (χ0) is 22.7. The van der Waals surface area contributed by atoms with E-state index in [2.05, 4.69) is 0 Å². The van der Waals surface area contributed by atoms with Crippen LogP contribution in [0.25, 0.3) is 0 Å². The molecule has 2 saturated heterocycles. The molecule has 7 heteroatoms. The molecule has 0 aliphatic carbocycles. The number of ether oxygens (including phenoxy) is 3. The van der Waals surface area contributed by atoms with Crippen molar-refractivity contribution in [3.05, 3.63) is 59.7 Å². The van der Waals surface area contributed by atoms with E-state index in [9.17, 15) is 14.4 Å². The van der Waals surface area contributed by atoms with Crippen molar-refractivity contribution in [2.75, 3.05) is 27.4 Å². The van der Waals surface area contributed by atoms with Gasteiger partial charge >= 0.3 is 5.97 Å². The first-order chi connectivity index (χ1) is 15.5. The molecule has 7 nitrogen and oxygen atoms in total. The first kappa shape index (κ1) is 21.9. The van der Waals surface area contributed by atoms with Crippen molar-refractivity contribution in [1.82, 2.24) is 4.90 Å². The second-order valence-corrected chi connectivity index (χ2v) is 8.31. The van der Waals surface area contributed by atoms with Crippen molar-refractivity contribution in [2.45, 2.75) is 19.4 Å². The monoisotopic (exact) mass is 437 g/mol. The Hall–Kier alpha value is -3.35. The van der Waals surface area contributed by atoms with Gasteiger partial charge in [0, 0.05) is 43.0 Å². The van der Waals surface area contributed by atoms with Crippen molar-refractivity contribution in [2.24, 2.45) is 17.8 Å². The van der Waals surface area contributed by atoms with Crippen LogP contribution in [0.1, 0.15) is 17.5 Å². The number of likely N-dealkylation sites (tertiary alicyclic amines) is 1. The highest BCUT2D eigenvalue weighted by Crippen LogP contribution is 2.33. The Balaban J connectivity index is 1.45. The molecule has 32 heavy (non-hydrogen) atoms. The summed E-state index contributed by atoms with van der Waals surface area (Å²) in [6, 6.07) is 15.2. The smallest absolute Gasteiger partial charge is 0.316 e. The quantitative estimate of drug-likeness (QED) is 0.467. The molecule has 2 aliphatic rings. The Morgan fingerprint density at radius 2 is 1.88 bits per heavy atom. The number of carbonyl (C=O) groups excluding carboxylic acids is 3. The molecule has 2 fully saturated rings. The van der Waals surface area contributed by atoms with Crippen LogP contribution in [0, 0.1) is 17.8 Å². The van der Waals surface area contributed by atoms with E-state index < -0.39 is 17.8 Å². The summed E-state index contributed by atoms with van der Waals surface area (Å²) in [6.45, 7) is 0.852. The number of amides is 1. The average molecular weight is 437 g/mol. The Morgan fingerprint density at radius 1 is 1.09 bits per heavy atom. The summed E-state index contributed by atoms with van der Waals surface area (Å²) in [6.07, 6.45) is 0.704. The number of carbonyl (C=O) groups is 3. The SMILES string of the molecule is COc1ccc(CN2CC(C(=O)C3C(=O)OCC3Cc3ccccc3)CC2=O)c(OC)c1. The highest BCUT2D eigenvalue weighted by atomic mass is 16.5. The number of methoxy groups -OCH3 is 2. The zero-order valence-corrected chi connectivity index (χ0v) is 18.3. The molecule has 0 radical (unpaired) electrons. The van der Waals surface area contributed by atoms with Gasteiger partial charge in [0.2, 0.25) is 5.91 Å². The molecule has 2 aromatic rings. The highest BCUT2D eigenvalue weighted by Gasteiger charge is 2.47. The summed E-state index contributed by atoms with van der Waals surface area (Å²) >= 11 is 0. The Morgan fingerprint density at radius 3 is 2.59 bits per heavy atom. The first-order valence-electron chi connectivity index (χ1n) is 10.7. The number of benzene rings is 2. The van der Waals surface area contributed by atoms with Crippen LogP contribution in [0.2, 0.25) is 0 Å². The molecule has 2 heterocycles. The van der Waals surface area contributed by atoms with E-state index in [0.29, 0.717) is 24.5 Å². The van der Waals surface area contributed by atoms with Gasteiger partial charge in [0.05, 0.1) is 20.8 Å². The molecule has 2 aromatic carbocycles. The van der Waals surface area contributed by atoms with Crippen LogP contribution in [0.15, 0.2) is 48.5 Å². The van der Waals surface area contributed by atoms with Crippen molar-refractivity contribution in [3.63, 3.8) is 0 Å². The van der Waals surface area contributed by atoms with Gasteiger partial charge in [0.25, 0.3) is 0 Å². The van der Waals surface area contributed by atoms with E-state index >= 15 is 0 Å². The van der Waals surface area contributed by atoms with E-state index in [-0.39, 0.29) is 37.2 Å². The van der Waals surface area contributed by atoms with E-state index in [0.717, 1.165) is 11.1 Å². The van der Waals surface area contributed by atoms with Crippen LogP contribution >= 0.6 is 0 Å². The number of cyclic esters (lactones) is 1. The summed E-state index contributed by atoms with van der Waals surface area (Å²) in [5.41, 5.74) is 1.89. The van der Waals surface area contributed by atoms with Crippen LogP contribution < -0.4 is 9.47 Å². The molecule has 0 aromatic heterocycles. The van der Waals surface area contributed by atoms with Gasteiger partial charge in [-0.1, -0.05) is 30.3 Å². The number of hydrogen-bond acceptors (Lipinski definition) is 6. The molecular formula is C25H27NO6. The Kier molecular flexibility index (Phi) is 6.44. The lowest BCUT2D eigenvalue weighted by atomic mass is 9.81. The number of nitrogens with zero attached hydrogens (tertiary/aromatic N) is 1. The minimum absolute atomic E-state index is 0.104. The maximum absolute atomic E-state index is 13.3. The molecular weight excluding hydrogens is 410 g/mol. The summed E-state index contributed by atoms with van der Waals surface area (Å²) in [4.78, 5) is 40.0. The minimum atomic E-state index is -0.816. The van der Waals surface area contributed by atoms with Crippen molar-refractivity contribution < 1.29 is 28.6 Å². The minimum Gasteiger partial charge on any atom is -0.497 e. The number of ketones is 1. The third-order valence-corrected chi connectivity index (χ3v) is 6.28. The third kappa shape index (κ3) is 4.47. The van der Waals surface area contributed by atoms with E-state index in [1.165, 1.54) is 0 Å². The summed E-state index contributed by atoms with van der Waals surface area (Å²) in [5, 5.41) is 0. The predicted molar refractivity (Wildman–Crippen MR) is 116 cm³/mol. The zero-order valence-electron chi connectivity index (χ0n) is 18.3. The Bertz CT molecular complexity index is 1000. The first-order valence-corrected chi connectivity index (χ1v) is 10.7. The van der Waals surface area contributed by atoms with Gasteiger partial charge in [0.1, 0.15) is 17.4 Å². The summed E-state index contributed by atoms with van der Waals surface area (Å²) in [7, 11) is 3.14. The molecule has 168 valence electrons. The fourth-order valence-electron chi connectivity index (χ4n) is 4.57. The van der Waals surface area contributed by atoms with Gasteiger partial charge in [-0.05, 0) is 24.1 Å². The number of hydrogen-bond donors (Lipinski definition) is 0. The lowest BCUT2D eigenvalue weighted by Gasteiger charge is -2.20. The largest absolute Gasteiger partial charge is 0.497 e. The summed E-state index contributed by atoms with van der Waals surface area (Å²) in [5.74, 6) is -1.02. The molecule has 1 amide bonds. The van der Waals surface area contributed by atoms with Crippen LogP contribution in [0.4, 0.5) is 0 Å². The lowest BCUT2D eigenvalue weighted by molar-refractivity contribution is -0.146. The lowest BCUT2D eigenvalue weighted by Crippen LogP contribution is -2.34. The van der Waals surface area contributed by atoms with E-state index in [4.69, 9.17) is 14.2 Å². The molecule has 0 N–H and O–H groups in total. The molecule has 3 atom stereocenters. The number of esters is 1. The van der Waals surface area contributed by atoms with E-state index in [1.54, 1.807) is 25.2 Å². The second kappa shape index (κ2) is 9.42. The van der Waals surface area contributed by atoms with Crippen LogP contribution in [0.5, 0.6) is 11.5 Å². The molecule has 2 aliphatic heterocycles. The maximum atomic E-state index is 13.3. The van der Waals surface area contributed by atoms with Crippen LogP contribution in [-0.2, 0) is 32.1 Å². The van der Waals surface area contributed by atoms with Crippen LogP contribution in [0.3, 0.4) is 0 Å². The fourth-order valence-corrected chi connectivity index (χ4v) is 4.57.